The molecule has 5 nitrogen and oxygen atoms in total. The van der Waals surface area contributed by atoms with Gasteiger partial charge < -0.3 is 9.80 Å². The summed E-state index contributed by atoms with van der Waals surface area (Å²) in [6.07, 6.45) is 5.64. The third-order valence-corrected chi connectivity index (χ3v) is 7.79. The highest BCUT2D eigenvalue weighted by Gasteiger charge is 2.28. The molecule has 7 heteroatoms. The lowest BCUT2D eigenvalue weighted by Gasteiger charge is -2.31. The Balaban J connectivity index is 1.78. The molecule has 0 spiro atoms. The van der Waals surface area contributed by atoms with Gasteiger partial charge in [-0.05, 0) is 42.6 Å². The van der Waals surface area contributed by atoms with E-state index in [1.54, 1.807) is 28.0 Å². The molecule has 2 aliphatic rings. The van der Waals surface area contributed by atoms with E-state index in [0.29, 0.717) is 5.92 Å². The maximum absolute atomic E-state index is 5.16. The van der Waals surface area contributed by atoms with Gasteiger partial charge in [-0.3, -0.25) is 0 Å². The monoisotopic (exact) mass is 414 g/mol. The Bertz CT molecular complexity index is 1050. The van der Waals surface area contributed by atoms with Gasteiger partial charge in [0, 0.05) is 11.1 Å². The van der Waals surface area contributed by atoms with Crippen molar-refractivity contribution in [1.29, 1.82) is 0 Å². The first kappa shape index (κ1) is 18.6. The van der Waals surface area contributed by atoms with Crippen molar-refractivity contribution in [3.05, 3.63) is 16.8 Å². The number of hydrogen-bond acceptors (Lipinski definition) is 6. The van der Waals surface area contributed by atoms with Crippen LogP contribution in [0.1, 0.15) is 43.0 Å². The van der Waals surface area contributed by atoms with Crippen molar-refractivity contribution in [1.82, 2.24) is 15.0 Å². The minimum absolute atomic E-state index is 0.467. The van der Waals surface area contributed by atoms with Gasteiger partial charge in [0.1, 0.15) is 4.83 Å². The number of pyridine rings is 1. The van der Waals surface area contributed by atoms with E-state index in [2.05, 4.69) is 32.1 Å². The fourth-order valence-electron chi connectivity index (χ4n) is 4.64. The van der Waals surface area contributed by atoms with Crippen LogP contribution in [-0.4, -0.2) is 54.4 Å². The van der Waals surface area contributed by atoms with Gasteiger partial charge in [-0.1, -0.05) is 25.6 Å². The molecule has 0 bridgehead atoms. The molecule has 1 aliphatic heterocycles. The molecule has 0 radical (unpaired) electrons. The Morgan fingerprint density at radius 1 is 1.07 bits per heavy atom. The maximum Gasteiger partial charge on any atom is 0.189 e. The fourth-order valence-corrected chi connectivity index (χ4v) is 6.17. The average Bonchev–Trinajstić information content (AvgIpc) is 3.31. The molecule has 0 amide bonds. The molecule has 1 aliphatic carbocycles. The SMILES string of the molecule is CSc1nc(N2CC[NH+](C)CC2)c2sc3nc(C(C)C)c4c(c3c2n1)CCC4. The number of quaternary nitrogens is 1. The summed E-state index contributed by atoms with van der Waals surface area (Å²) in [7, 11) is 2.28. The molecule has 1 fully saturated rings. The molecule has 3 aromatic heterocycles. The number of hydrogen-bond donors (Lipinski definition) is 1. The first-order valence-electron chi connectivity index (χ1n) is 10.3. The van der Waals surface area contributed by atoms with Gasteiger partial charge >= 0.3 is 0 Å². The third-order valence-electron chi connectivity index (χ3n) is 6.17. The number of likely N-dealkylation sites (N-methyl/N-ethyl adjacent to an activating group) is 1. The quantitative estimate of drug-likeness (QED) is 0.527. The lowest BCUT2D eigenvalue weighted by Crippen LogP contribution is -3.12. The van der Waals surface area contributed by atoms with Gasteiger partial charge in [-0.25, -0.2) is 15.0 Å². The second-order valence-electron chi connectivity index (χ2n) is 8.40. The smallest absolute Gasteiger partial charge is 0.189 e. The topological polar surface area (TPSA) is 46.4 Å². The van der Waals surface area contributed by atoms with Crippen LogP contribution in [0.25, 0.3) is 20.4 Å². The fraction of sp³-hybridized carbons (Fsp3) is 0.571. The standard InChI is InChI=1S/C21H27N5S2/c1-12(2)16-14-7-5-6-13(14)15-17-18(28-20(15)22-16)19(24-21(23-17)27-4)26-10-8-25(3)9-11-26/h12H,5-11H2,1-4H3/p+1. The van der Waals surface area contributed by atoms with Gasteiger partial charge in [-0.15, -0.1) is 11.3 Å². The zero-order chi connectivity index (χ0) is 19.4. The molecule has 1 N–H and O–H groups in total. The Hall–Kier alpha value is -1.44. The van der Waals surface area contributed by atoms with Crippen LogP contribution in [0.15, 0.2) is 5.16 Å². The second-order valence-corrected chi connectivity index (χ2v) is 10.2. The lowest BCUT2D eigenvalue weighted by atomic mass is 9.99. The summed E-state index contributed by atoms with van der Waals surface area (Å²) in [5.74, 6) is 1.59. The van der Waals surface area contributed by atoms with Gasteiger partial charge in [0.15, 0.2) is 11.0 Å². The highest BCUT2D eigenvalue weighted by molar-refractivity contribution is 7.98. The molecule has 4 heterocycles. The van der Waals surface area contributed by atoms with E-state index in [1.807, 2.05) is 0 Å². The van der Waals surface area contributed by atoms with E-state index in [9.17, 15) is 0 Å². The molecule has 3 aromatic rings. The van der Waals surface area contributed by atoms with Crippen LogP contribution in [0, 0.1) is 0 Å². The third kappa shape index (κ3) is 2.90. The largest absolute Gasteiger partial charge is 0.344 e. The number of thioether (sulfide) groups is 1. The Kier molecular flexibility index (Phi) is 4.72. The predicted molar refractivity (Wildman–Crippen MR) is 119 cm³/mol. The van der Waals surface area contributed by atoms with Crippen LogP contribution in [0.4, 0.5) is 5.82 Å². The number of nitrogens with one attached hydrogen (secondary N) is 1. The average molecular weight is 415 g/mol. The van der Waals surface area contributed by atoms with Gasteiger partial charge in [0.25, 0.3) is 0 Å². The normalized spacial score (nSPS) is 18.0. The molecular formula is C21H28N5S2+. The Labute approximate surface area is 174 Å². The van der Waals surface area contributed by atoms with Crippen LogP contribution < -0.4 is 9.80 Å². The van der Waals surface area contributed by atoms with Crippen LogP contribution in [0.5, 0.6) is 0 Å². The summed E-state index contributed by atoms with van der Waals surface area (Å²) in [4.78, 5) is 20.3. The van der Waals surface area contributed by atoms with E-state index < -0.39 is 0 Å². The first-order valence-corrected chi connectivity index (χ1v) is 12.4. The van der Waals surface area contributed by atoms with Crippen LogP contribution in [-0.2, 0) is 12.8 Å². The Morgan fingerprint density at radius 3 is 2.54 bits per heavy atom. The van der Waals surface area contributed by atoms with E-state index in [4.69, 9.17) is 15.0 Å². The van der Waals surface area contributed by atoms with Crippen LogP contribution in [0.3, 0.4) is 0 Å². The lowest BCUT2D eigenvalue weighted by molar-refractivity contribution is -0.880. The molecule has 0 aromatic carbocycles. The molecule has 28 heavy (non-hydrogen) atoms. The van der Waals surface area contributed by atoms with Crippen molar-refractivity contribution >= 4 is 49.3 Å². The highest BCUT2D eigenvalue weighted by Crippen LogP contribution is 2.43. The number of fused-ring (bicyclic) bond motifs is 5. The number of aromatic nitrogens is 3. The summed E-state index contributed by atoms with van der Waals surface area (Å²) in [5, 5.41) is 2.20. The summed E-state index contributed by atoms with van der Waals surface area (Å²) >= 11 is 3.45. The molecule has 5 rings (SSSR count). The number of thiophene rings is 1. The van der Waals surface area contributed by atoms with Gasteiger partial charge in [-0.2, -0.15) is 0 Å². The van der Waals surface area contributed by atoms with E-state index in [-0.39, 0.29) is 0 Å². The summed E-state index contributed by atoms with van der Waals surface area (Å²) < 4.78 is 1.23. The van der Waals surface area contributed by atoms with E-state index in [0.717, 1.165) is 60.3 Å². The van der Waals surface area contributed by atoms with Gasteiger partial charge in [0.2, 0.25) is 0 Å². The summed E-state index contributed by atoms with van der Waals surface area (Å²) in [6, 6.07) is 0. The summed E-state index contributed by atoms with van der Waals surface area (Å²) in [5.41, 5.74) is 5.45. The number of nitrogens with zero attached hydrogens (tertiary/aromatic N) is 4. The Morgan fingerprint density at radius 2 is 1.82 bits per heavy atom. The number of aryl methyl sites for hydroxylation is 1. The molecular weight excluding hydrogens is 386 g/mol. The van der Waals surface area contributed by atoms with Crippen molar-refractivity contribution in [2.24, 2.45) is 0 Å². The maximum atomic E-state index is 5.16. The van der Waals surface area contributed by atoms with Crippen molar-refractivity contribution < 1.29 is 4.90 Å². The second kappa shape index (κ2) is 7.11. The molecule has 0 saturated carbocycles. The van der Waals surface area contributed by atoms with Crippen molar-refractivity contribution in [3.8, 4) is 0 Å². The van der Waals surface area contributed by atoms with Gasteiger partial charge in [0.05, 0.1) is 43.4 Å². The zero-order valence-corrected chi connectivity index (χ0v) is 18.8. The van der Waals surface area contributed by atoms with Crippen molar-refractivity contribution in [2.45, 2.75) is 44.2 Å². The van der Waals surface area contributed by atoms with Crippen LogP contribution >= 0.6 is 23.1 Å². The molecule has 1 saturated heterocycles. The predicted octanol–water partition coefficient (Wildman–Crippen LogP) is 2.91. The number of piperazine rings is 1. The highest BCUT2D eigenvalue weighted by atomic mass is 32.2. The van der Waals surface area contributed by atoms with E-state index in [1.165, 1.54) is 33.3 Å². The minimum atomic E-state index is 0.467. The van der Waals surface area contributed by atoms with Crippen molar-refractivity contribution in [2.75, 3.05) is 44.4 Å². The van der Waals surface area contributed by atoms with Crippen LogP contribution in [0.2, 0.25) is 0 Å². The number of rotatable bonds is 3. The van der Waals surface area contributed by atoms with E-state index >= 15 is 0 Å². The molecule has 0 unspecified atom stereocenters. The number of anilines is 1. The minimum Gasteiger partial charge on any atom is -0.344 e. The molecule has 0 atom stereocenters. The summed E-state index contributed by atoms with van der Waals surface area (Å²) in [6.45, 7) is 8.98. The van der Waals surface area contributed by atoms with Crippen molar-refractivity contribution in [3.63, 3.8) is 0 Å². The molecule has 148 valence electrons. The zero-order valence-electron chi connectivity index (χ0n) is 17.1. The first-order chi connectivity index (χ1) is 13.6.